The van der Waals surface area contributed by atoms with Crippen molar-refractivity contribution >= 4 is 12.6 Å². The van der Waals surface area contributed by atoms with Crippen LogP contribution in [0.2, 0.25) is 0 Å². The van der Waals surface area contributed by atoms with Gasteiger partial charge in [-0.15, -0.1) is 0 Å². The monoisotopic (exact) mass is 222 g/mol. The van der Waals surface area contributed by atoms with Crippen LogP contribution < -0.4 is 10.2 Å². The fraction of sp³-hybridized carbons (Fsp3) is 0.500. The lowest BCUT2D eigenvalue weighted by Gasteiger charge is -2.14. The summed E-state index contributed by atoms with van der Waals surface area (Å²) in [6, 6.07) is 3.73. The van der Waals surface area contributed by atoms with Crippen LogP contribution in [-0.2, 0) is 0 Å². The van der Waals surface area contributed by atoms with Gasteiger partial charge in [0.25, 0.3) is 0 Å². The summed E-state index contributed by atoms with van der Waals surface area (Å²) in [7, 11) is -1.48. The first kappa shape index (κ1) is 13.1. The van der Waals surface area contributed by atoms with Crippen LogP contribution in [0.15, 0.2) is 12.1 Å². The normalized spacial score (nSPS) is 10.3. The maximum Gasteiger partial charge on any atom is 0.492 e. The largest absolute Gasteiger partial charge is 0.494 e. The second-order valence-electron chi connectivity index (χ2n) is 4.08. The zero-order chi connectivity index (χ0) is 12.1. The summed E-state index contributed by atoms with van der Waals surface area (Å²) < 4.78 is 5.60. The van der Waals surface area contributed by atoms with Crippen molar-refractivity contribution in [3.63, 3.8) is 0 Å². The number of hydrogen-bond donors (Lipinski definition) is 2. The number of ether oxygens (including phenoxy) is 1. The van der Waals surface area contributed by atoms with E-state index in [1.807, 2.05) is 19.9 Å². The summed E-state index contributed by atoms with van der Waals surface area (Å²) in [6.45, 7) is 6.54. The summed E-state index contributed by atoms with van der Waals surface area (Å²) in [5.74, 6) is 0.606. The second-order valence-corrected chi connectivity index (χ2v) is 4.08. The molecule has 1 rings (SSSR count). The third kappa shape index (κ3) is 3.25. The molecule has 16 heavy (non-hydrogen) atoms. The molecule has 0 atom stereocenters. The van der Waals surface area contributed by atoms with Gasteiger partial charge in [0.15, 0.2) is 0 Å². The van der Waals surface area contributed by atoms with Crippen molar-refractivity contribution in [3.8, 4) is 5.75 Å². The SMILES string of the molecule is CCCCOc1c(C)cc(C)cc1B(O)O. The van der Waals surface area contributed by atoms with Crippen LogP contribution in [0.1, 0.15) is 30.9 Å². The van der Waals surface area contributed by atoms with E-state index in [4.69, 9.17) is 4.74 Å². The topological polar surface area (TPSA) is 49.7 Å². The van der Waals surface area contributed by atoms with Crippen LogP contribution in [0, 0.1) is 13.8 Å². The van der Waals surface area contributed by atoms with Gasteiger partial charge in [-0.05, 0) is 25.8 Å². The van der Waals surface area contributed by atoms with Crippen LogP contribution >= 0.6 is 0 Å². The minimum absolute atomic E-state index is 0.452. The summed E-state index contributed by atoms with van der Waals surface area (Å²) in [5, 5.41) is 18.6. The smallest absolute Gasteiger partial charge is 0.492 e. The molecule has 0 unspecified atom stereocenters. The molecule has 0 radical (unpaired) electrons. The molecule has 0 aliphatic carbocycles. The highest BCUT2D eigenvalue weighted by atomic mass is 16.5. The molecule has 3 nitrogen and oxygen atoms in total. The molecule has 0 spiro atoms. The van der Waals surface area contributed by atoms with Gasteiger partial charge in [-0.2, -0.15) is 0 Å². The van der Waals surface area contributed by atoms with E-state index in [0.717, 1.165) is 24.0 Å². The van der Waals surface area contributed by atoms with Gasteiger partial charge in [-0.25, -0.2) is 0 Å². The quantitative estimate of drug-likeness (QED) is 0.580. The number of benzene rings is 1. The Balaban J connectivity index is 2.95. The lowest BCUT2D eigenvalue weighted by Crippen LogP contribution is -2.32. The van der Waals surface area contributed by atoms with Gasteiger partial charge in [-0.3, -0.25) is 0 Å². The van der Waals surface area contributed by atoms with Crippen molar-refractivity contribution < 1.29 is 14.8 Å². The summed E-state index contributed by atoms with van der Waals surface area (Å²) >= 11 is 0. The lowest BCUT2D eigenvalue weighted by molar-refractivity contribution is 0.308. The molecule has 0 saturated heterocycles. The molecule has 0 heterocycles. The van der Waals surface area contributed by atoms with E-state index in [1.165, 1.54) is 0 Å². The fourth-order valence-electron chi connectivity index (χ4n) is 1.69. The second kappa shape index (κ2) is 5.92. The molecular formula is C12H19BO3. The summed E-state index contributed by atoms with van der Waals surface area (Å²) in [5.41, 5.74) is 2.40. The Morgan fingerprint density at radius 2 is 1.94 bits per heavy atom. The Morgan fingerprint density at radius 1 is 1.25 bits per heavy atom. The third-order valence-corrected chi connectivity index (χ3v) is 2.47. The predicted octanol–water partition coefficient (Wildman–Crippen LogP) is 1.16. The summed E-state index contributed by atoms with van der Waals surface area (Å²) in [4.78, 5) is 0. The van der Waals surface area contributed by atoms with Gasteiger partial charge < -0.3 is 14.8 Å². The van der Waals surface area contributed by atoms with E-state index in [-0.39, 0.29) is 0 Å². The first-order chi connectivity index (χ1) is 7.56. The molecule has 0 aromatic heterocycles. The standard InChI is InChI=1S/C12H19BO3/c1-4-5-6-16-12-10(3)7-9(2)8-11(12)13(14)15/h7-8,14-15H,4-6H2,1-3H3. The molecule has 2 N–H and O–H groups in total. The molecule has 0 fully saturated rings. The van der Waals surface area contributed by atoms with Crippen molar-refractivity contribution in [2.45, 2.75) is 33.6 Å². The number of rotatable bonds is 5. The molecule has 0 aliphatic heterocycles. The zero-order valence-corrected chi connectivity index (χ0v) is 10.2. The highest BCUT2D eigenvalue weighted by Gasteiger charge is 2.19. The predicted molar refractivity (Wildman–Crippen MR) is 66.1 cm³/mol. The maximum absolute atomic E-state index is 9.29. The maximum atomic E-state index is 9.29. The van der Waals surface area contributed by atoms with E-state index in [9.17, 15) is 10.0 Å². The van der Waals surface area contributed by atoms with Crippen molar-refractivity contribution in [2.75, 3.05) is 6.61 Å². The van der Waals surface area contributed by atoms with Crippen LogP contribution in [-0.4, -0.2) is 23.8 Å². The van der Waals surface area contributed by atoms with E-state index in [0.29, 0.717) is 17.8 Å². The molecule has 0 bridgehead atoms. The van der Waals surface area contributed by atoms with Crippen LogP contribution in [0.4, 0.5) is 0 Å². The van der Waals surface area contributed by atoms with E-state index in [2.05, 4.69) is 6.92 Å². The number of hydrogen-bond acceptors (Lipinski definition) is 3. The molecule has 88 valence electrons. The van der Waals surface area contributed by atoms with Gasteiger partial charge in [0.2, 0.25) is 0 Å². The molecule has 0 amide bonds. The van der Waals surface area contributed by atoms with Crippen molar-refractivity contribution in [1.29, 1.82) is 0 Å². The van der Waals surface area contributed by atoms with E-state index in [1.54, 1.807) is 6.07 Å². The van der Waals surface area contributed by atoms with Crippen LogP contribution in [0.3, 0.4) is 0 Å². The van der Waals surface area contributed by atoms with Crippen LogP contribution in [0.25, 0.3) is 0 Å². The van der Waals surface area contributed by atoms with Gasteiger partial charge in [-0.1, -0.05) is 31.0 Å². The Morgan fingerprint density at radius 3 is 2.50 bits per heavy atom. The van der Waals surface area contributed by atoms with Crippen molar-refractivity contribution in [1.82, 2.24) is 0 Å². The first-order valence-corrected chi connectivity index (χ1v) is 5.66. The molecular weight excluding hydrogens is 203 g/mol. The number of unbranched alkanes of at least 4 members (excludes halogenated alkanes) is 1. The Bertz CT molecular complexity index is 350. The Kier molecular flexibility index (Phi) is 4.84. The van der Waals surface area contributed by atoms with E-state index < -0.39 is 7.12 Å². The minimum Gasteiger partial charge on any atom is -0.494 e. The van der Waals surface area contributed by atoms with Gasteiger partial charge >= 0.3 is 7.12 Å². The Hall–Kier alpha value is -0.995. The summed E-state index contributed by atoms with van der Waals surface area (Å²) in [6.07, 6.45) is 2.02. The molecule has 1 aromatic carbocycles. The zero-order valence-electron chi connectivity index (χ0n) is 10.2. The minimum atomic E-state index is -1.48. The van der Waals surface area contributed by atoms with Crippen molar-refractivity contribution in [3.05, 3.63) is 23.3 Å². The number of aryl methyl sites for hydroxylation is 2. The average molecular weight is 222 g/mol. The van der Waals surface area contributed by atoms with Crippen molar-refractivity contribution in [2.24, 2.45) is 0 Å². The van der Waals surface area contributed by atoms with E-state index >= 15 is 0 Å². The Labute approximate surface area is 97.2 Å². The van der Waals surface area contributed by atoms with Crippen LogP contribution in [0.5, 0.6) is 5.75 Å². The highest BCUT2D eigenvalue weighted by molar-refractivity contribution is 6.59. The first-order valence-electron chi connectivity index (χ1n) is 5.66. The molecule has 1 aromatic rings. The van der Waals surface area contributed by atoms with Gasteiger partial charge in [0.1, 0.15) is 5.75 Å². The lowest BCUT2D eigenvalue weighted by atomic mass is 9.78. The fourth-order valence-corrected chi connectivity index (χ4v) is 1.69. The van der Waals surface area contributed by atoms with Gasteiger partial charge in [0.05, 0.1) is 6.61 Å². The highest BCUT2D eigenvalue weighted by Crippen LogP contribution is 2.17. The molecule has 0 saturated carbocycles. The third-order valence-electron chi connectivity index (χ3n) is 2.47. The molecule has 4 heteroatoms. The molecule has 0 aliphatic rings. The van der Waals surface area contributed by atoms with Gasteiger partial charge in [0, 0.05) is 5.46 Å². The average Bonchev–Trinajstić information content (AvgIpc) is 2.20.